The van der Waals surface area contributed by atoms with E-state index in [0.717, 1.165) is 0 Å². The number of hydrogen-bond acceptors (Lipinski definition) is 2. The van der Waals surface area contributed by atoms with Crippen LogP contribution in [0.2, 0.25) is 0 Å². The predicted molar refractivity (Wildman–Crippen MR) is 39.4 cm³/mol. The van der Waals surface area contributed by atoms with Gasteiger partial charge >= 0.3 is 6.09 Å². The molecule has 0 aromatic carbocycles. The van der Waals surface area contributed by atoms with Gasteiger partial charge in [0.1, 0.15) is 0 Å². The molecule has 0 spiro atoms. The standard InChI is InChI=1S/C7H13NO3/c9-5-6-1-3-8(4-2-6)7(10)11/h6,9H,1-5H2,(H,10,11)/i5D2. The van der Waals surface area contributed by atoms with E-state index >= 15 is 0 Å². The first kappa shape index (κ1) is 5.83. The van der Waals surface area contributed by atoms with Crippen LogP contribution < -0.4 is 0 Å². The molecule has 0 atom stereocenters. The zero-order valence-electron chi connectivity index (χ0n) is 8.16. The lowest BCUT2D eigenvalue weighted by atomic mass is 9.98. The van der Waals surface area contributed by atoms with Crippen molar-refractivity contribution in [1.82, 2.24) is 4.90 Å². The zero-order chi connectivity index (χ0) is 10.1. The summed E-state index contributed by atoms with van der Waals surface area (Å²) in [5.74, 6) is -0.442. The topological polar surface area (TPSA) is 60.8 Å². The molecular formula is C7H13NO3. The molecule has 0 unspecified atom stereocenters. The molecule has 0 aromatic rings. The van der Waals surface area contributed by atoms with E-state index in [1.54, 1.807) is 0 Å². The van der Waals surface area contributed by atoms with Crippen molar-refractivity contribution in [1.29, 1.82) is 0 Å². The van der Waals surface area contributed by atoms with Crippen molar-refractivity contribution in [2.75, 3.05) is 19.6 Å². The highest BCUT2D eigenvalue weighted by atomic mass is 16.4. The third-order valence-electron chi connectivity index (χ3n) is 1.95. The van der Waals surface area contributed by atoms with E-state index in [1.807, 2.05) is 0 Å². The van der Waals surface area contributed by atoms with Crippen molar-refractivity contribution in [3.05, 3.63) is 0 Å². The van der Waals surface area contributed by atoms with Gasteiger partial charge in [-0.2, -0.15) is 0 Å². The van der Waals surface area contributed by atoms with Gasteiger partial charge in [-0.1, -0.05) is 0 Å². The van der Waals surface area contributed by atoms with Gasteiger partial charge in [0.25, 0.3) is 0 Å². The largest absolute Gasteiger partial charge is 0.465 e. The SMILES string of the molecule is [2H]C([2H])(O)C1CCN(C(=O)O)CC1. The van der Waals surface area contributed by atoms with Crippen molar-refractivity contribution in [2.45, 2.75) is 12.8 Å². The van der Waals surface area contributed by atoms with E-state index in [9.17, 15) is 4.79 Å². The zero-order valence-corrected chi connectivity index (χ0v) is 6.16. The normalized spacial score (nSPS) is 24.3. The van der Waals surface area contributed by atoms with Crippen LogP contribution in [0.4, 0.5) is 4.79 Å². The highest BCUT2D eigenvalue weighted by Gasteiger charge is 2.21. The molecule has 1 amide bonds. The van der Waals surface area contributed by atoms with Crippen LogP contribution in [-0.4, -0.2) is 40.9 Å². The Kier molecular flexibility index (Phi) is 1.89. The van der Waals surface area contributed by atoms with Crippen molar-refractivity contribution in [2.24, 2.45) is 5.92 Å². The molecule has 0 bridgehead atoms. The van der Waals surface area contributed by atoms with Gasteiger partial charge in [-0.25, -0.2) is 4.79 Å². The summed E-state index contributed by atoms with van der Waals surface area (Å²) in [7, 11) is 0. The maximum Gasteiger partial charge on any atom is 0.407 e. The molecule has 1 fully saturated rings. The van der Waals surface area contributed by atoms with Crippen LogP contribution in [0.15, 0.2) is 0 Å². The van der Waals surface area contributed by atoms with Gasteiger partial charge in [0.2, 0.25) is 0 Å². The summed E-state index contributed by atoms with van der Waals surface area (Å²) in [6, 6.07) is 0. The van der Waals surface area contributed by atoms with Crippen LogP contribution in [0, 0.1) is 5.92 Å². The van der Waals surface area contributed by atoms with Crippen molar-refractivity contribution < 1.29 is 17.7 Å². The average molecular weight is 161 g/mol. The number of nitrogens with zero attached hydrogens (tertiary/aromatic N) is 1. The number of piperidine rings is 1. The Morgan fingerprint density at radius 2 is 2.18 bits per heavy atom. The molecule has 4 heteroatoms. The predicted octanol–water partition coefficient (Wildman–Crippen LogP) is 0.369. The summed E-state index contributed by atoms with van der Waals surface area (Å²) in [6.07, 6.45) is -0.206. The summed E-state index contributed by atoms with van der Waals surface area (Å²) in [6.45, 7) is -1.56. The lowest BCUT2D eigenvalue weighted by Gasteiger charge is -2.28. The van der Waals surface area contributed by atoms with E-state index in [2.05, 4.69) is 0 Å². The Bertz CT molecular complexity index is 196. The van der Waals surface area contributed by atoms with Crippen LogP contribution in [0.3, 0.4) is 0 Å². The van der Waals surface area contributed by atoms with E-state index in [0.29, 0.717) is 25.9 Å². The molecule has 1 rings (SSSR count). The lowest BCUT2D eigenvalue weighted by molar-refractivity contribution is 0.107. The molecule has 1 aliphatic rings. The van der Waals surface area contributed by atoms with Gasteiger partial charge in [-0.3, -0.25) is 0 Å². The average Bonchev–Trinajstić information content (AvgIpc) is 2.03. The Morgan fingerprint density at radius 3 is 2.55 bits per heavy atom. The Hall–Kier alpha value is -0.770. The monoisotopic (exact) mass is 161 g/mol. The minimum absolute atomic E-state index is 0.306. The van der Waals surface area contributed by atoms with Crippen LogP contribution in [-0.2, 0) is 0 Å². The smallest absolute Gasteiger partial charge is 0.407 e. The van der Waals surface area contributed by atoms with Crippen LogP contribution in [0.1, 0.15) is 15.6 Å². The number of aliphatic hydroxyl groups is 1. The molecule has 0 aromatic heterocycles. The maximum atomic E-state index is 10.5. The van der Waals surface area contributed by atoms with Crippen LogP contribution in [0.25, 0.3) is 0 Å². The summed E-state index contributed by atoms with van der Waals surface area (Å²) >= 11 is 0. The van der Waals surface area contributed by atoms with Gasteiger partial charge in [-0.15, -0.1) is 0 Å². The molecule has 64 valence electrons. The summed E-state index contributed by atoms with van der Waals surface area (Å²) < 4.78 is 14.1. The molecule has 1 aliphatic heterocycles. The Morgan fingerprint density at radius 1 is 1.64 bits per heavy atom. The van der Waals surface area contributed by atoms with Crippen LogP contribution >= 0.6 is 0 Å². The first-order valence-corrected chi connectivity index (χ1v) is 3.61. The van der Waals surface area contributed by atoms with Gasteiger partial charge in [0.15, 0.2) is 0 Å². The first-order chi connectivity index (χ1) is 5.91. The minimum Gasteiger partial charge on any atom is -0.465 e. The fraction of sp³-hybridized carbons (Fsp3) is 0.857. The molecule has 11 heavy (non-hydrogen) atoms. The van der Waals surface area contributed by atoms with Gasteiger partial charge in [-0.05, 0) is 18.8 Å². The van der Waals surface area contributed by atoms with E-state index in [4.69, 9.17) is 13.0 Å². The third-order valence-corrected chi connectivity index (χ3v) is 1.95. The first-order valence-electron chi connectivity index (χ1n) is 4.61. The second kappa shape index (κ2) is 3.57. The molecule has 0 saturated carbocycles. The third kappa shape index (κ3) is 2.08. The quantitative estimate of drug-likeness (QED) is 0.584. The van der Waals surface area contributed by atoms with Gasteiger partial charge in [0.05, 0.1) is 2.74 Å². The summed E-state index contributed by atoms with van der Waals surface area (Å²) in [5.41, 5.74) is 0. The maximum absolute atomic E-state index is 10.5. The Labute approximate surface area is 68.2 Å². The molecule has 0 radical (unpaired) electrons. The fourth-order valence-electron chi connectivity index (χ4n) is 1.20. The lowest BCUT2D eigenvalue weighted by Crippen LogP contribution is -2.38. The molecule has 0 aliphatic carbocycles. The van der Waals surface area contributed by atoms with E-state index in [-0.39, 0.29) is 0 Å². The molecule has 1 saturated heterocycles. The molecule has 2 N–H and O–H groups in total. The Balaban J connectivity index is 2.44. The van der Waals surface area contributed by atoms with Crippen LogP contribution in [0.5, 0.6) is 0 Å². The molecule has 1 heterocycles. The van der Waals surface area contributed by atoms with Gasteiger partial charge in [0, 0.05) is 19.6 Å². The number of carbonyl (C=O) groups is 1. The highest BCUT2D eigenvalue weighted by molar-refractivity contribution is 5.64. The van der Waals surface area contributed by atoms with Crippen molar-refractivity contribution in [3.63, 3.8) is 0 Å². The van der Waals surface area contributed by atoms with E-state index in [1.165, 1.54) is 4.90 Å². The van der Waals surface area contributed by atoms with Crippen molar-refractivity contribution in [3.8, 4) is 0 Å². The molecular weight excluding hydrogens is 146 g/mol. The second-order valence-corrected chi connectivity index (χ2v) is 2.67. The number of carboxylic acid groups (broad SMARTS) is 1. The number of amides is 1. The second-order valence-electron chi connectivity index (χ2n) is 2.67. The van der Waals surface area contributed by atoms with Gasteiger partial charge < -0.3 is 15.1 Å². The summed E-state index contributed by atoms with van der Waals surface area (Å²) in [5, 5.41) is 17.6. The minimum atomic E-state index is -2.18. The highest BCUT2D eigenvalue weighted by Crippen LogP contribution is 2.15. The van der Waals surface area contributed by atoms with E-state index < -0.39 is 18.6 Å². The number of hydrogen-bond donors (Lipinski definition) is 2. The number of rotatable bonds is 1. The number of likely N-dealkylation sites (tertiary alicyclic amines) is 1. The van der Waals surface area contributed by atoms with Crippen molar-refractivity contribution >= 4 is 6.09 Å². The summed E-state index contributed by atoms with van der Waals surface area (Å²) in [4.78, 5) is 11.7. The fourth-order valence-corrected chi connectivity index (χ4v) is 1.20. The molecule has 4 nitrogen and oxygen atoms in total.